The second-order valence-corrected chi connectivity index (χ2v) is 7.81. The standard InChI is InChI=1S/C21H17ClN2O4S/c1-3-27-20(26)17-12(2)23-21-24(18(17)13-6-8-14(22)9-7-13)19(25)16(29-21)11-15-5-4-10-28-15/h4-11,18H,3H2,1-2H3/b16-11+. The van der Waals surface area contributed by atoms with Crippen molar-refractivity contribution >= 4 is 35.0 Å². The van der Waals surface area contributed by atoms with E-state index in [4.69, 9.17) is 20.8 Å². The van der Waals surface area contributed by atoms with E-state index in [1.165, 1.54) is 15.9 Å². The number of esters is 1. The number of benzene rings is 1. The zero-order chi connectivity index (χ0) is 20.5. The van der Waals surface area contributed by atoms with Crippen LogP contribution in [0, 0.1) is 0 Å². The fourth-order valence-corrected chi connectivity index (χ4v) is 4.41. The molecule has 4 rings (SSSR count). The molecule has 2 aromatic heterocycles. The molecule has 0 aliphatic carbocycles. The lowest BCUT2D eigenvalue weighted by Gasteiger charge is -2.24. The number of hydrogen-bond donors (Lipinski definition) is 0. The van der Waals surface area contributed by atoms with E-state index in [9.17, 15) is 9.59 Å². The van der Waals surface area contributed by atoms with Gasteiger partial charge in [0.15, 0.2) is 4.80 Å². The number of ether oxygens (including phenoxy) is 1. The molecule has 1 atom stereocenters. The molecule has 3 aromatic rings. The van der Waals surface area contributed by atoms with Gasteiger partial charge in [0, 0.05) is 11.1 Å². The summed E-state index contributed by atoms with van der Waals surface area (Å²) in [6, 6.07) is 9.93. The Morgan fingerprint density at radius 3 is 2.76 bits per heavy atom. The number of fused-ring (bicyclic) bond motifs is 1. The van der Waals surface area contributed by atoms with Crippen LogP contribution >= 0.6 is 22.9 Å². The predicted molar refractivity (Wildman–Crippen MR) is 111 cm³/mol. The Bertz CT molecular complexity index is 1270. The molecule has 148 valence electrons. The minimum atomic E-state index is -0.652. The summed E-state index contributed by atoms with van der Waals surface area (Å²) in [6.45, 7) is 3.72. The van der Waals surface area contributed by atoms with Crippen molar-refractivity contribution in [1.82, 2.24) is 4.57 Å². The highest BCUT2D eigenvalue weighted by Crippen LogP contribution is 2.31. The topological polar surface area (TPSA) is 73.8 Å². The Kier molecular flexibility index (Phi) is 5.25. The molecule has 0 saturated heterocycles. The molecule has 0 saturated carbocycles. The first-order valence-electron chi connectivity index (χ1n) is 8.98. The first-order valence-corrected chi connectivity index (χ1v) is 10.2. The first-order chi connectivity index (χ1) is 14.0. The molecule has 0 spiro atoms. The summed E-state index contributed by atoms with van der Waals surface area (Å²) >= 11 is 7.29. The number of thiazole rings is 1. The van der Waals surface area contributed by atoms with Crippen LogP contribution in [0.15, 0.2) is 68.1 Å². The highest BCUT2D eigenvalue weighted by atomic mass is 35.5. The molecule has 0 bridgehead atoms. The minimum Gasteiger partial charge on any atom is -0.465 e. The number of rotatable bonds is 4. The summed E-state index contributed by atoms with van der Waals surface area (Å²) < 4.78 is 12.6. The zero-order valence-electron chi connectivity index (χ0n) is 15.7. The molecule has 29 heavy (non-hydrogen) atoms. The van der Waals surface area contributed by atoms with Gasteiger partial charge in [0.25, 0.3) is 5.56 Å². The van der Waals surface area contributed by atoms with Gasteiger partial charge in [-0.2, -0.15) is 0 Å². The molecule has 3 heterocycles. The smallest absolute Gasteiger partial charge is 0.338 e. The lowest BCUT2D eigenvalue weighted by molar-refractivity contribution is -0.139. The van der Waals surface area contributed by atoms with Crippen LogP contribution < -0.4 is 14.9 Å². The fourth-order valence-electron chi connectivity index (χ4n) is 3.25. The quantitative estimate of drug-likeness (QED) is 0.599. The Labute approximate surface area is 175 Å². The van der Waals surface area contributed by atoms with Gasteiger partial charge >= 0.3 is 5.97 Å². The third-order valence-corrected chi connectivity index (χ3v) is 5.75. The van der Waals surface area contributed by atoms with Crippen molar-refractivity contribution in [2.45, 2.75) is 19.9 Å². The normalized spacial score (nSPS) is 16.5. The molecular formula is C21H17ClN2O4S. The lowest BCUT2D eigenvalue weighted by atomic mass is 9.96. The van der Waals surface area contributed by atoms with Gasteiger partial charge in [-0.1, -0.05) is 35.1 Å². The molecule has 1 aromatic carbocycles. The van der Waals surface area contributed by atoms with Crippen molar-refractivity contribution in [2.24, 2.45) is 4.99 Å². The third kappa shape index (κ3) is 3.59. The number of halogens is 1. The first kappa shape index (κ1) is 19.4. The molecule has 1 aliphatic heterocycles. The van der Waals surface area contributed by atoms with E-state index >= 15 is 0 Å². The third-order valence-electron chi connectivity index (χ3n) is 4.52. The monoisotopic (exact) mass is 428 g/mol. The highest BCUT2D eigenvalue weighted by molar-refractivity contribution is 7.07. The van der Waals surface area contributed by atoms with Crippen molar-refractivity contribution in [1.29, 1.82) is 0 Å². The Morgan fingerprint density at radius 2 is 2.10 bits per heavy atom. The van der Waals surface area contributed by atoms with Gasteiger partial charge in [-0.3, -0.25) is 9.36 Å². The van der Waals surface area contributed by atoms with Crippen LogP contribution in [0.4, 0.5) is 0 Å². The van der Waals surface area contributed by atoms with E-state index in [0.29, 0.717) is 31.4 Å². The van der Waals surface area contributed by atoms with Crippen molar-refractivity contribution in [3.8, 4) is 0 Å². The van der Waals surface area contributed by atoms with E-state index in [2.05, 4.69) is 4.99 Å². The van der Waals surface area contributed by atoms with Crippen LogP contribution in [0.1, 0.15) is 31.2 Å². The molecule has 1 unspecified atom stereocenters. The Hall–Kier alpha value is -2.90. The number of furan rings is 1. The van der Waals surface area contributed by atoms with Gasteiger partial charge in [-0.05, 0) is 43.7 Å². The molecule has 1 aliphatic rings. The minimum absolute atomic E-state index is 0.228. The Morgan fingerprint density at radius 1 is 1.34 bits per heavy atom. The number of nitrogens with zero attached hydrogens (tertiary/aromatic N) is 2. The maximum absolute atomic E-state index is 13.3. The van der Waals surface area contributed by atoms with Crippen molar-refractivity contribution in [3.05, 3.63) is 90.0 Å². The lowest BCUT2D eigenvalue weighted by Crippen LogP contribution is -2.39. The SMILES string of the molecule is CCOC(=O)C1=C(C)N=c2s/c(=C/c3ccco3)c(=O)n2C1c1ccc(Cl)cc1. The number of aromatic nitrogens is 1. The molecule has 0 fully saturated rings. The maximum Gasteiger partial charge on any atom is 0.338 e. The summed E-state index contributed by atoms with van der Waals surface area (Å²) in [6.07, 6.45) is 3.22. The zero-order valence-corrected chi connectivity index (χ0v) is 17.3. The fraction of sp³-hybridized carbons (Fsp3) is 0.190. The number of allylic oxidation sites excluding steroid dienone is 1. The molecule has 8 heteroatoms. The van der Waals surface area contributed by atoms with Crippen LogP contribution in [0.25, 0.3) is 6.08 Å². The molecule has 6 nitrogen and oxygen atoms in total. The molecular weight excluding hydrogens is 412 g/mol. The summed E-state index contributed by atoms with van der Waals surface area (Å²) in [5, 5.41) is 0.567. The number of carbonyl (C=O) groups excluding carboxylic acids is 1. The average molecular weight is 429 g/mol. The van der Waals surface area contributed by atoms with E-state index in [-0.39, 0.29) is 12.2 Å². The average Bonchev–Trinajstić information content (AvgIpc) is 3.30. The predicted octanol–water partition coefficient (Wildman–Crippen LogP) is 3.04. The van der Waals surface area contributed by atoms with Crippen LogP contribution in [0.5, 0.6) is 0 Å². The number of hydrogen-bond acceptors (Lipinski definition) is 6. The number of carbonyl (C=O) groups is 1. The van der Waals surface area contributed by atoms with E-state index in [0.717, 1.165) is 5.56 Å². The second kappa shape index (κ2) is 7.85. The molecule has 0 N–H and O–H groups in total. The van der Waals surface area contributed by atoms with Crippen LogP contribution in [0.2, 0.25) is 5.02 Å². The van der Waals surface area contributed by atoms with E-state index in [1.807, 2.05) is 0 Å². The summed E-state index contributed by atoms with van der Waals surface area (Å²) in [4.78, 5) is 31.0. The van der Waals surface area contributed by atoms with E-state index in [1.54, 1.807) is 62.6 Å². The van der Waals surface area contributed by atoms with Gasteiger partial charge in [-0.25, -0.2) is 9.79 Å². The van der Waals surface area contributed by atoms with Crippen molar-refractivity contribution < 1.29 is 13.9 Å². The highest BCUT2D eigenvalue weighted by Gasteiger charge is 2.33. The Balaban J connectivity index is 1.97. The summed E-state index contributed by atoms with van der Waals surface area (Å²) in [7, 11) is 0. The molecule has 0 amide bonds. The van der Waals surface area contributed by atoms with Gasteiger partial charge in [0.1, 0.15) is 5.76 Å². The van der Waals surface area contributed by atoms with Crippen molar-refractivity contribution in [2.75, 3.05) is 6.61 Å². The summed E-state index contributed by atoms with van der Waals surface area (Å²) in [5.74, 6) is 0.0775. The van der Waals surface area contributed by atoms with Gasteiger partial charge in [0.2, 0.25) is 0 Å². The van der Waals surface area contributed by atoms with Gasteiger partial charge in [0.05, 0.1) is 34.7 Å². The summed E-state index contributed by atoms with van der Waals surface area (Å²) in [5.41, 5.74) is 1.36. The van der Waals surface area contributed by atoms with Gasteiger partial charge < -0.3 is 9.15 Å². The molecule has 0 radical (unpaired) electrons. The van der Waals surface area contributed by atoms with Crippen LogP contribution in [0.3, 0.4) is 0 Å². The van der Waals surface area contributed by atoms with Gasteiger partial charge in [-0.15, -0.1) is 0 Å². The second-order valence-electron chi connectivity index (χ2n) is 6.37. The van der Waals surface area contributed by atoms with E-state index < -0.39 is 12.0 Å². The van der Waals surface area contributed by atoms with Crippen molar-refractivity contribution in [3.63, 3.8) is 0 Å². The van der Waals surface area contributed by atoms with Crippen LogP contribution in [-0.2, 0) is 9.53 Å². The largest absolute Gasteiger partial charge is 0.465 e. The maximum atomic E-state index is 13.3. The van der Waals surface area contributed by atoms with Crippen LogP contribution in [-0.4, -0.2) is 17.1 Å².